The van der Waals surface area contributed by atoms with E-state index in [1.165, 1.54) is 16.8 Å². The number of nitro groups is 1. The molecule has 190 valence electrons. The molecule has 0 saturated heterocycles. The van der Waals surface area contributed by atoms with Gasteiger partial charge in [0, 0.05) is 28.1 Å². The molecular formula is C28H22BrN5O4. The van der Waals surface area contributed by atoms with E-state index in [9.17, 15) is 14.9 Å². The highest BCUT2D eigenvalue weighted by Crippen LogP contribution is 2.30. The van der Waals surface area contributed by atoms with Gasteiger partial charge in [-0.05, 0) is 41.5 Å². The second-order valence-corrected chi connectivity index (χ2v) is 9.63. The monoisotopic (exact) mass is 571 g/mol. The Morgan fingerprint density at radius 1 is 1.13 bits per heavy atom. The summed E-state index contributed by atoms with van der Waals surface area (Å²) < 4.78 is 8.14. The summed E-state index contributed by atoms with van der Waals surface area (Å²) >= 11 is 3.43. The normalized spacial score (nSPS) is 12.3. The maximum absolute atomic E-state index is 13.6. The van der Waals surface area contributed by atoms with Crippen LogP contribution < -0.4 is 10.3 Å². The van der Waals surface area contributed by atoms with Gasteiger partial charge in [0.25, 0.3) is 11.2 Å². The Morgan fingerprint density at radius 3 is 2.68 bits per heavy atom. The van der Waals surface area contributed by atoms with Crippen LogP contribution in [0.4, 0.5) is 5.69 Å². The minimum atomic E-state index is -0.520. The summed E-state index contributed by atoms with van der Waals surface area (Å²) in [6, 6.07) is 19.6. The molecule has 38 heavy (non-hydrogen) atoms. The van der Waals surface area contributed by atoms with Crippen molar-refractivity contribution in [1.82, 2.24) is 14.6 Å². The van der Waals surface area contributed by atoms with Crippen LogP contribution in [0.2, 0.25) is 0 Å². The van der Waals surface area contributed by atoms with Crippen molar-refractivity contribution >= 4 is 49.5 Å². The molecule has 0 saturated carbocycles. The molecule has 0 aliphatic heterocycles. The fourth-order valence-electron chi connectivity index (χ4n) is 4.05. The van der Waals surface area contributed by atoms with Crippen LogP contribution in [0.25, 0.3) is 21.7 Å². The van der Waals surface area contributed by atoms with Crippen LogP contribution in [0.1, 0.15) is 37.6 Å². The SMILES string of the molecule is CC[C@H](C)c1nc2ccc(Br)cc2c(=O)n1N=Cc1c(Oc2ccc([N+](=O)[O-])cn2)ccc2ccccc12. The molecule has 0 bridgehead atoms. The van der Waals surface area contributed by atoms with Crippen LogP contribution in [0, 0.1) is 10.1 Å². The lowest BCUT2D eigenvalue weighted by Crippen LogP contribution is -2.23. The number of hydrogen-bond donors (Lipinski definition) is 0. The Balaban J connectivity index is 1.66. The van der Waals surface area contributed by atoms with E-state index in [1.54, 1.807) is 18.3 Å². The van der Waals surface area contributed by atoms with E-state index in [0.717, 1.165) is 27.9 Å². The van der Waals surface area contributed by atoms with E-state index in [-0.39, 0.29) is 23.0 Å². The number of pyridine rings is 1. The number of fused-ring (bicyclic) bond motifs is 2. The first-order valence-corrected chi connectivity index (χ1v) is 12.7. The third-order valence-electron chi connectivity index (χ3n) is 6.27. The number of rotatable bonds is 7. The lowest BCUT2D eigenvalue weighted by Gasteiger charge is -2.15. The highest BCUT2D eigenvalue weighted by Gasteiger charge is 2.17. The highest BCUT2D eigenvalue weighted by atomic mass is 79.9. The zero-order chi connectivity index (χ0) is 26.8. The molecule has 0 unspecified atom stereocenters. The van der Waals surface area contributed by atoms with Gasteiger partial charge >= 0.3 is 0 Å². The maximum Gasteiger partial charge on any atom is 0.287 e. The van der Waals surface area contributed by atoms with E-state index in [0.29, 0.717) is 28.0 Å². The van der Waals surface area contributed by atoms with Gasteiger partial charge in [-0.1, -0.05) is 60.1 Å². The molecule has 2 heterocycles. The van der Waals surface area contributed by atoms with Crippen molar-refractivity contribution in [3.8, 4) is 11.6 Å². The van der Waals surface area contributed by atoms with Gasteiger partial charge in [-0.25, -0.2) is 9.97 Å². The molecule has 0 radical (unpaired) electrons. The summed E-state index contributed by atoms with van der Waals surface area (Å²) in [5.74, 6) is 1.17. The number of nitrogens with zero attached hydrogens (tertiary/aromatic N) is 5. The number of halogens is 1. The summed E-state index contributed by atoms with van der Waals surface area (Å²) in [4.78, 5) is 32.9. The topological polar surface area (TPSA) is 113 Å². The van der Waals surface area contributed by atoms with Gasteiger partial charge in [-0.15, -0.1) is 0 Å². The Hall–Kier alpha value is -4.44. The summed E-state index contributed by atoms with van der Waals surface area (Å²) in [6.07, 6.45) is 3.50. The van der Waals surface area contributed by atoms with Crippen molar-refractivity contribution in [3.63, 3.8) is 0 Å². The standard InChI is InChI=1S/C28H22BrN5O4/c1-3-17(2)27-32-24-11-9-19(29)14-22(24)28(35)33(27)31-16-23-21-7-5-4-6-18(21)8-12-25(23)38-26-13-10-20(15-30-26)34(36)37/h4-17H,3H2,1-2H3/t17-/m0/s1. The first-order valence-electron chi connectivity index (χ1n) is 11.9. The van der Waals surface area contributed by atoms with Gasteiger partial charge in [0.05, 0.1) is 22.0 Å². The highest BCUT2D eigenvalue weighted by molar-refractivity contribution is 9.10. The Kier molecular flexibility index (Phi) is 6.97. The summed E-state index contributed by atoms with van der Waals surface area (Å²) in [5, 5.41) is 17.9. The Morgan fingerprint density at radius 2 is 1.95 bits per heavy atom. The van der Waals surface area contributed by atoms with E-state index < -0.39 is 4.92 Å². The number of benzene rings is 3. The van der Waals surface area contributed by atoms with Gasteiger partial charge in [0.1, 0.15) is 17.8 Å². The van der Waals surface area contributed by atoms with Crippen LogP contribution in [0.15, 0.2) is 87.3 Å². The van der Waals surface area contributed by atoms with Gasteiger partial charge in [0.15, 0.2) is 0 Å². The zero-order valence-electron chi connectivity index (χ0n) is 20.5. The van der Waals surface area contributed by atoms with Gasteiger partial charge in [-0.3, -0.25) is 14.9 Å². The minimum absolute atomic E-state index is 0.0135. The molecule has 9 nitrogen and oxygen atoms in total. The zero-order valence-corrected chi connectivity index (χ0v) is 22.1. The number of hydrogen-bond acceptors (Lipinski definition) is 7. The molecule has 0 aliphatic rings. The third-order valence-corrected chi connectivity index (χ3v) is 6.76. The fourth-order valence-corrected chi connectivity index (χ4v) is 4.41. The van der Waals surface area contributed by atoms with Gasteiger partial charge in [0.2, 0.25) is 5.88 Å². The van der Waals surface area contributed by atoms with E-state index in [4.69, 9.17) is 9.72 Å². The van der Waals surface area contributed by atoms with Crippen LogP contribution in [-0.4, -0.2) is 25.8 Å². The molecule has 0 fully saturated rings. The molecule has 0 amide bonds. The molecule has 5 aromatic rings. The molecular weight excluding hydrogens is 550 g/mol. The summed E-state index contributed by atoms with van der Waals surface area (Å²) in [6.45, 7) is 4.04. The van der Waals surface area contributed by atoms with E-state index >= 15 is 0 Å². The third kappa shape index (κ3) is 4.90. The minimum Gasteiger partial charge on any atom is -0.438 e. The molecule has 0 aliphatic carbocycles. The van der Waals surface area contributed by atoms with Gasteiger partial charge in [-0.2, -0.15) is 9.78 Å². The second-order valence-electron chi connectivity index (χ2n) is 8.71. The second kappa shape index (κ2) is 10.5. The summed E-state index contributed by atoms with van der Waals surface area (Å²) in [7, 11) is 0. The van der Waals surface area contributed by atoms with Crippen molar-refractivity contribution in [2.45, 2.75) is 26.2 Å². The molecule has 3 aromatic carbocycles. The summed E-state index contributed by atoms with van der Waals surface area (Å²) in [5.41, 5.74) is 0.825. The van der Waals surface area contributed by atoms with Gasteiger partial charge < -0.3 is 4.74 Å². The number of aromatic nitrogens is 3. The van der Waals surface area contributed by atoms with Crippen molar-refractivity contribution in [3.05, 3.63) is 109 Å². The van der Waals surface area contributed by atoms with Crippen molar-refractivity contribution in [2.75, 3.05) is 0 Å². The fraction of sp³-hybridized carbons (Fsp3) is 0.143. The molecule has 10 heteroatoms. The molecule has 2 aromatic heterocycles. The van der Waals surface area contributed by atoms with E-state index in [2.05, 4.69) is 26.0 Å². The first kappa shape index (κ1) is 25.2. The molecule has 0 spiro atoms. The Bertz CT molecular complexity index is 1770. The van der Waals surface area contributed by atoms with Crippen LogP contribution in [0.3, 0.4) is 0 Å². The Labute approximate surface area is 225 Å². The smallest absolute Gasteiger partial charge is 0.287 e. The lowest BCUT2D eigenvalue weighted by atomic mass is 10.0. The van der Waals surface area contributed by atoms with Crippen LogP contribution in [0.5, 0.6) is 11.6 Å². The van der Waals surface area contributed by atoms with Crippen molar-refractivity contribution < 1.29 is 9.66 Å². The maximum atomic E-state index is 13.6. The predicted molar refractivity (Wildman–Crippen MR) is 150 cm³/mol. The predicted octanol–water partition coefficient (Wildman–Crippen LogP) is 6.80. The first-order chi connectivity index (χ1) is 18.4. The van der Waals surface area contributed by atoms with Crippen molar-refractivity contribution in [2.24, 2.45) is 5.10 Å². The largest absolute Gasteiger partial charge is 0.438 e. The van der Waals surface area contributed by atoms with Crippen molar-refractivity contribution in [1.29, 1.82) is 0 Å². The lowest BCUT2D eigenvalue weighted by molar-refractivity contribution is -0.385. The average Bonchev–Trinajstić information content (AvgIpc) is 2.93. The van der Waals surface area contributed by atoms with Crippen LogP contribution in [-0.2, 0) is 0 Å². The van der Waals surface area contributed by atoms with Crippen LogP contribution >= 0.6 is 15.9 Å². The molecule has 5 rings (SSSR count). The molecule has 1 atom stereocenters. The quantitative estimate of drug-likeness (QED) is 0.120. The molecule has 0 N–H and O–H groups in total. The average molecular weight is 572 g/mol. The number of ether oxygens (including phenoxy) is 1. The van der Waals surface area contributed by atoms with E-state index in [1.807, 2.05) is 56.3 Å².